The standard InChI is InChI=1S/C15H27N4/c1-3-5-10-19(11-6-4-2)12-9-18(15-19)14-17-8-7-16-13-17/h7-9,12-13H,3-6,10-11,14-15H2,1-2H3/q+1/p+1. The van der Waals surface area contributed by atoms with Gasteiger partial charge in [-0.05, 0) is 12.8 Å². The number of aromatic nitrogens is 2. The van der Waals surface area contributed by atoms with E-state index in [0.717, 1.165) is 17.8 Å². The van der Waals surface area contributed by atoms with Crippen LogP contribution in [-0.4, -0.2) is 34.1 Å². The fourth-order valence-corrected chi connectivity index (χ4v) is 2.75. The fraction of sp³-hybridized carbons (Fsp3) is 0.667. The summed E-state index contributed by atoms with van der Waals surface area (Å²) < 4.78 is 3.33. The van der Waals surface area contributed by atoms with Gasteiger partial charge in [0.05, 0.1) is 19.3 Å². The first-order valence-corrected chi connectivity index (χ1v) is 7.59. The summed E-state index contributed by atoms with van der Waals surface area (Å²) in [6, 6.07) is 0. The highest BCUT2D eigenvalue weighted by Gasteiger charge is 2.31. The Bertz CT molecular complexity index is 375. The Morgan fingerprint density at radius 3 is 2.53 bits per heavy atom. The second kappa shape index (κ2) is 6.75. The number of H-pyrrole nitrogens is 1. The van der Waals surface area contributed by atoms with Crippen LogP contribution in [0.5, 0.6) is 0 Å². The van der Waals surface area contributed by atoms with Crippen molar-refractivity contribution in [3.05, 3.63) is 31.1 Å². The van der Waals surface area contributed by atoms with E-state index in [9.17, 15) is 0 Å². The normalized spacial score (nSPS) is 17.3. The highest BCUT2D eigenvalue weighted by Crippen LogP contribution is 2.20. The smallest absolute Gasteiger partial charge is 0.243 e. The summed E-state index contributed by atoms with van der Waals surface area (Å²) in [5.41, 5.74) is 0. The Hall–Kier alpha value is -1.29. The molecule has 106 valence electrons. The number of hydrogen-bond donors (Lipinski definition) is 1. The quantitative estimate of drug-likeness (QED) is 0.565. The van der Waals surface area contributed by atoms with Crippen LogP contribution in [0.25, 0.3) is 0 Å². The van der Waals surface area contributed by atoms with Crippen LogP contribution in [0.4, 0.5) is 0 Å². The summed E-state index contributed by atoms with van der Waals surface area (Å²) in [5.74, 6) is 0. The second-order valence-electron chi connectivity index (χ2n) is 5.67. The molecule has 0 spiro atoms. The monoisotopic (exact) mass is 264 g/mol. The van der Waals surface area contributed by atoms with Gasteiger partial charge in [-0.15, -0.1) is 0 Å². The van der Waals surface area contributed by atoms with Crippen molar-refractivity contribution in [1.29, 1.82) is 0 Å². The van der Waals surface area contributed by atoms with Crippen molar-refractivity contribution in [3.8, 4) is 0 Å². The van der Waals surface area contributed by atoms with E-state index in [1.165, 1.54) is 38.8 Å². The topological polar surface area (TPSA) is 22.9 Å². The molecule has 0 amide bonds. The van der Waals surface area contributed by atoms with Crippen molar-refractivity contribution in [1.82, 2.24) is 9.88 Å². The highest BCUT2D eigenvalue weighted by atomic mass is 15.5. The van der Waals surface area contributed by atoms with Gasteiger partial charge in [0.25, 0.3) is 0 Å². The lowest BCUT2D eigenvalue weighted by Gasteiger charge is -2.32. The van der Waals surface area contributed by atoms with Gasteiger partial charge in [0.1, 0.15) is 18.6 Å². The van der Waals surface area contributed by atoms with Gasteiger partial charge in [-0.1, -0.05) is 26.7 Å². The van der Waals surface area contributed by atoms with Crippen molar-refractivity contribution in [2.24, 2.45) is 0 Å². The van der Waals surface area contributed by atoms with Crippen molar-refractivity contribution in [3.63, 3.8) is 0 Å². The lowest BCUT2D eigenvalue weighted by molar-refractivity contribution is -0.886. The Kier molecular flexibility index (Phi) is 5.02. The molecule has 4 heteroatoms. The average Bonchev–Trinajstić information content (AvgIpc) is 3.06. The lowest BCUT2D eigenvalue weighted by atomic mass is 10.2. The minimum Gasteiger partial charge on any atom is -0.289 e. The van der Waals surface area contributed by atoms with E-state index in [-0.39, 0.29) is 0 Å². The summed E-state index contributed by atoms with van der Waals surface area (Å²) in [4.78, 5) is 5.52. The molecule has 1 aliphatic rings. The van der Waals surface area contributed by atoms with E-state index in [1.807, 2.05) is 12.5 Å². The van der Waals surface area contributed by atoms with Crippen LogP contribution in [0.3, 0.4) is 0 Å². The first kappa shape index (κ1) is 14.1. The predicted octanol–water partition coefficient (Wildman–Crippen LogP) is 2.42. The minimum atomic E-state index is 0.943. The van der Waals surface area contributed by atoms with Crippen LogP contribution in [0.2, 0.25) is 0 Å². The maximum atomic E-state index is 3.10. The zero-order chi connectivity index (χ0) is 13.6. The average molecular weight is 264 g/mol. The number of aromatic amines is 1. The molecule has 0 bridgehead atoms. The summed E-state index contributed by atoms with van der Waals surface area (Å²) in [6.07, 6.45) is 16.0. The van der Waals surface area contributed by atoms with Gasteiger partial charge in [-0.2, -0.15) is 0 Å². The van der Waals surface area contributed by atoms with Crippen LogP contribution < -0.4 is 4.57 Å². The van der Waals surface area contributed by atoms with Gasteiger partial charge in [0.15, 0.2) is 13.3 Å². The largest absolute Gasteiger partial charge is 0.289 e. The third-order valence-electron chi connectivity index (χ3n) is 3.92. The third-order valence-corrected chi connectivity index (χ3v) is 3.92. The zero-order valence-corrected chi connectivity index (χ0v) is 12.4. The van der Waals surface area contributed by atoms with Crippen LogP contribution in [0, 0.1) is 0 Å². The van der Waals surface area contributed by atoms with Crippen molar-refractivity contribution in [2.75, 3.05) is 19.8 Å². The number of nitrogens with one attached hydrogen (secondary N) is 1. The second-order valence-corrected chi connectivity index (χ2v) is 5.67. The Balaban J connectivity index is 1.92. The number of hydrogen-bond acceptors (Lipinski definition) is 1. The molecule has 0 saturated heterocycles. The minimum absolute atomic E-state index is 0.943. The van der Waals surface area contributed by atoms with Crippen molar-refractivity contribution >= 4 is 0 Å². The van der Waals surface area contributed by atoms with Gasteiger partial charge in [-0.25, -0.2) is 4.57 Å². The summed E-state index contributed by atoms with van der Waals surface area (Å²) in [7, 11) is 0. The molecule has 0 fully saturated rings. The predicted molar refractivity (Wildman–Crippen MR) is 76.6 cm³/mol. The van der Waals surface area contributed by atoms with E-state index in [2.05, 4.69) is 46.9 Å². The Morgan fingerprint density at radius 1 is 1.21 bits per heavy atom. The van der Waals surface area contributed by atoms with Crippen LogP contribution >= 0.6 is 0 Å². The first-order valence-electron chi connectivity index (χ1n) is 7.59. The Labute approximate surface area is 116 Å². The molecule has 0 saturated carbocycles. The molecule has 1 aliphatic heterocycles. The number of quaternary nitrogens is 1. The van der Waals surface area contributed by atoms with Crippen molar-refractivity contribution < 1.29 is 9.05 Å². The third kappa shape index (κ3) is 3.83. The van der Waals surface area contributed by atoms with E-state index in [0.29, 0.717) is 0 Å². The molecule has 4 nitrogen and oxygen atoms in total. The first-order chi connectivity index (χ1) is 9.28. The Morgan fingerprint density at radius 2 is 1.95 bits per heavy atom. The molecular formula is C15H28N4+2. The molecule has 19 heavy (non-hydrogen) atoms. The summed E-state index contributed by atoms with van der Waals surface area (Å²) in [5, 5.41) is 0. The zero-order valence-electron chi connectivity index (χ0n) is 12.4. The van der Waals surface area contributed by atoms with Crippen LogP contribution in [-0.2, 0) is 6.67 Å². The molecule has 1 N–H and O–H groups in total. The number of unbranched alkanes of at least 4 members (excludes halogenated alkanes) is 2. The molecule has 0 atom stereocenters. The molecular weight excluding hydrogens is 236 g/mol. The number of imidazole rings is 1. The fourth-order valence-electron chi connectivity index (χ4n) is 2.75. The number of rotatable bonds is 8. The molecule has 2 heterocycles. The van der Waals surface area contributed by atoms with Gasteiger partial charge >= 0.3 is 0 Å². The molecule has 2 rings (SSSR count). The summed E-state index contributed by atoms with van der Waals surface area (Å²) in [6.45, 7) is 9.19. The van der Waals surface area contributed by atoms with E-state index in [4.69, 9.17) is 0 Å². The molecule has 0 aliphatic carbocycles. The molecule has 0 unspecified atom stereocenters. The van der Waals surface area contributed by atoms with Crippen molar-refractivity contribution in [2.45, 2.75) is 46.2 Å². The lowest BCUT2D eigenvalue weighted by Crippen LogP contribution is -2.49. The van der Waals surface area contributed by atoms with E-state index >= 15 is 0 Å². The molecule has 0 radical (unpaired) electrons. The summed E-state index contributed by atoms with van der Waals surface area (Å²) >= 11 is 0. The van der Waals surface area contributed by atoms with Gasteiger partial charge in [0, 0.05) is 0 Å². The van der Waals surface area contributed by atoms with Gasteiger partial charge in [-0.3, -0.25) is 14.4 Å². The van der Waals surface area contributed by atoms with Crippen LogP contribution in [0.1, 0.15) is 39.5 Å². The maximum absolute atomic E-state index is 3.10. The molecule has 0 aromatic carbocycles. The highest BCUT2D eigenvalue weighted by molar-refractivity contribution is 4.79. The number of nitrogens with zero attached hydrogens (tertiary/aromatic N) is 3. The van der Waals surface area contributed by atoms with Gasteiger partial charge in [0.2, 0.25) is 6.33 Å². The SMILES string of the molecule is CCCC[N+]1(CCCC)C=CN(C[n+]2cc[nH]c2)C1. The van der Waals surface area contributed by atoms with Crippen LogP contribution in [0.15, 0.2) is 31.1 Å². The molecule has 1 aromatic heterocycles. The van der Waals surface area contributed by atoms with Gasteiger partial charge < -0.3 is 0 Å². The maximum Gasteiger partial charge on any atom is 0.243 e. The van der Waals surface area contributed by atoms with E-state index in [1.54, 1.807) is 0 Å². The molecule has 1 aromatic rings. The van der Waals surface area contributed by atoms with E-state index < -0.39 is 0 Å².